The predicted molar refractivity (Wildman–Crippen MR) is 92.5 cm³/mol. The van der Waals surface area contributed by atoms with E-state index in [9.17, 15) is 18.0 Å². The van der Waals surface area contributed by atoms with E-state index in [-0.39, 0.29) is 15.7 Å². The van der Waals surface area contributed by atoms with Crippen LogP contribution in [-0.4, -0.2) is 34.3 Å². The normalized spacial score (nSPS) is 11.9. The van der Waals surface area contributed by atoms with Crippen LogP contribution in [-0.2, 0) is 6.18 Å². The molecule has 0 radical (unpaired) electrons. The van der Waals surface area contributed by atoms with Gasteiger partial charge < -0.3 is 0 Å². The summed E-state index contributed by atoms with van der Waals surface area (Å²) < 4.78 is 40.2. The highest BCUT2D eigenvalue weighted by molar-refractivity contribution is 7.99. The second-order valence-electron chi connectivity index (χ2n) is 5.30. The third-order valence-corrected chi connectivity index (χ3v) is 4.84. The van der Waals surface area contributed by atoms with Gasteiger partial charge in [0.1, 0.15) is 5.02 Å². The second kappa shape index (κ2) is 6.87. The number of fused-ring (bicyclic) bond motifs is 1. The van der Waals surface area contributed by atoms with Crippen molar-refractivity contribution >= 4 is 29.1 Å². The molecule has 4 aromatic rings. The lowest BCUT2D eigenvalue weighted by atomic mass is 10.3. The molecule has 4 aromatic heterocycles. The number of hydrogen-bond donors (Lipinski definition) is 0. The van der Waals surface area contributed by atoms with Crippen LogP contribution in [0.3, 0.4) is 0 Å². The molecule has 0 atom stereocenters. The van der Waals surface area contributed by atoms with Gasteiger partial charge in [0.05, 0.1) is 16.7 Å². The van der Waals surface area contributed by atoms with Crippen LogP contribution in [0.15, 0.2) is 57.8 Å². The molecule has 142 valence electrons. The van der Waals surface area contributed by atoms with E-state index in [1.807, 2.05) is 0 Å². The summed E-state index contributed by atoms with van der Waals surface area (Å²) in [5, 5.41) is 8.22. The van der Waals surface area contributed by atoms with Crippen molar-refractivity contribution in [2.75, 3.05) is 0 Å². The monoisotopic (exact) mass is 425 g/mol. The standard InChI is InChI=1S/C15H7ClF3N7OS/c16-11-9(28-14-23-13-20-4-1-5-25(13)24-14)7-22-26(12(11)27)10-3-2-8(6-21-10)15(17,18)19/h1-7H. The van der Waals surface area contributed by atoms with E-state index in [2.05, 4.69) is 25.1 Å². The first-order chi connectivity index (χ1) is 13.3. The van der Waals surface area contributed by atoms with Crippen molar-refractivity contribution in [3.05, 3.63) is 63.9 Å². The molecule has 8 nitrogen and oxygen atoms in total. The number of hydrogen-bond acceptors (Lipinski definition) is 7. The van der Waals surface area contributed by atoms with Crippen molar-refractivity contribution in [3.8, 4) is 5.82 Å². The molecule has 0 aliphatic carbocycles. The Morgan fingerprint density at radius 3 is 2.64 bits per heavy atom. The summed E-state index contributed by atoms with van der Waals surface area (Å²) in [4.78, 5) is 24.6. The van der Waals surface area contributed by atoms with Crippen molar-refractivity contribution < 1.29 is 13.2 Å². The first-order valence-electron chi connectivity index (χ1n) is 7.49. The zero-order valence-corrected chi connectivity index (χ0v) is 15.1. The average Bonchev–Trinajstić information content (AvgIpc) is 3.07. The van der Waals surface area contributed by atoms with Crippen molar-refractivity contribution in [2.45, 2.75) is 16.2 Å². The predicted octanol–water partition coefficient (Wildman–Crippen LogP) is 2.89. The lowest BCUT2D eigenvalue weighted by Crippen LogP contribution is -2.23. The maximum absolute atomic E-state index is 12.6. The summed E-state index contributed by atoms with van der Waals surface area (Å²) in [5.41, 5.74) is -1.67. The molecular formula is C15H7ClF3N7OS. The van der Waals surface area contributed by atoms with Crippen molar-refractivity contribution in [1.29, 1.82) is 0 Å². The fourth-order valence-electron chi connectivity index (χ4n) is 2.19. The van der Waals surface area contributed by atoms with Gasteiger partial charge in [0.15, 0.2) is 5.82 Å². The maximum atomic E-state index is 12.6. The second-order valence-corrected chi connectivity index (χ2v) is 6.69. The largest absolute Gasteiger partial charge is 0.417 e. The Bertz CT molecular complexity index is 1190. The lowest BCUT2D eigenvalue weighted by molar-refractivity contribution is -0.137. The van der Waals surface area contributed by atoms with E-state index in [1.165, 1.54) is 10.7 Å². The minimum Gasteiger partial charge on any atom is -0.266 e. The first kappa shape index (κ1) is 18.4. The van der Waals surface area contributed by atoms with E-state index < -0.39 is 17.3 Å². The molecule has 0 bridgehead atoms. The van der Waals surface area contributed by atoms with Crippen LogP contribution in [0.25, 0.3) is 11.6 Å². The number of pyridine rings is 1. The fraction of sp³-hybridized carbons (Fsp3) is 0.0667. The van der Waals surface area contributed by atoms with Gasteiger partial charge >= 0.3 is 6.18 Å². The third kappa shape index (κ3) is 3.43. The molecular weight excluding hydrogens is 419 g/mol. The highest BCUT2D eigenvalue weighted by Crippen LogP contribution is 2.30. The highest BCUT2D eigenvalue weighted by atomic mass is 35.5. The Kier molecular flexibility index (Phi) is 4.51. The van der Waals surface area contributed by atoms with Crippen molar-refractivity contribution in [3.63, 3.8) is 0 Å². The molecule has 4 heterocycles. The molecule has 0 spiro atoms. The summed E-state index contributed by atoms with van der Waals surface area (Å²) in [6.07, 6.45) is 0.594. The van der Waals surface area contributed by atoms with Gasteiger partial charge in [-0.2, -0.15) is 27.9 Å². The Morgan fingerprint density at radius 1 is 1.14 bits per heavy atom. The summed E-state index contributed by atoms with van der Waals surface area (Å²) in [7, 11) is 0. The summed E-state index contributed by atoms with van der Waals surface area (Å²) in [6.45, 7) is 0. The van der Waals surface area contributed by atoms with Gasteiger partial charge in [0.2, 0.25) is 5.16 Å². The van der Waals surface area contributed by atoms with Crippen LogP contribution < -0.4 is 5.56 Å². The summed E-state index contributed by atoms with van der Waals surface area (Å²) >= 11 is 7.12. The van der Waals surface area contributed by atoms with Crippen LogP contribution in [0.5, 0.6) is 0 Å². The van der Waals surface area contributed by atoms with Gasteiger partial charge in [-0.1, -0.05) is 11.6 Å². The van der Waals surface area contributed by atoms with E-state index >= 15 is 0 Å². The van der Waals surface area contributed by atoms with E-state index in [0.717, 1.165) is 28.6 Å². The number of aromatic nitrogens is 7. The van der Waals surface area contributed by atoms with Crippen LogP contribution in [0, 0.1) is 0 Å². The van der Waals surface area contributed by atoms with Gasteiger partial charge in [-0.05, 0) is 30.0 Å². The summed E-state index contributed by atoms with van der Waals surface area (Å²) in [5.74, 6) is 0.280. The Morgan fingerprint density at radius 2 is 1.96 bits per heavy atom. The number of alkyl halides is 3. The Labute approximate surface area is 163 Å². The van der Waals surface area contributed by atoms with Gasteiger partial charge in [-0.15, -0.1) is 5.10 Å². The first-order valence-corrected chi connectivity index (χ1v) is 8.69. The van der Waals surface area contributed by atoms with Crippen molar-refractivity contribution in [2.24, 2.45) is 0 Å². The topological polar surface area (TPSA) is 90.9 Å². The molecule has 0 unspecified atom stereocenters. The molecule has 0 saturated heterocycles. The Balaban J connectivity index is 1.66. The Hall–Kier alpha value is -2.99. The van der Waals surface area contributed by atoms with E-state index in [4.69, 9.17) is 11.6 Å². The minimum absolute atomic E-state index is 0.0912. The van der Waals surface area contributed by atoms with E-state index in [1.54, 1.807) is 18.5 Å². The quantitative estimate of drug-likeness (QED) is 0.498. The molecule has 0 fully saturated rings. The molecule has 0 saturated carbocycles. The maximum Gasteiger partial charge on any atom is 0.417 e. The zero-order valence-electron chi connectivity index (χ0n) is 13.5. The van der Waals surface area contributed by atoms with Gasteiger partial charge in [0, 0.05) is 18.6 Å². The molecule has 0 amide bonds. The molecule has 0 aliphatic heterocycles. The SMILES string of the molecule is O=c1c(Cl)c(Sc2nc3ncccn3n2)cnn1-c1ccc(C(F)(F)F)cn1. The average molecular weight is 426 g/mol. The third-order valence-electron chi connectivity index (χ3n) is 3.48. The van der Waals surface area contributed by atoms with Gasteiger partial charge in [0.25, 0.3) is 11.3 Å². The number of nitrogens with zero attached hydrogens (tertiary/aromatic N) is 7. The molecule has 0 N–H and O–H groups in total. The molecule has 13 heteroatoms. The van der Waals surface area contributed by atoms with Crippen LogP contribution in [0.2, 0.25) is 5.02 Å². The molecule has 0 aliphatic rings. The molecule has 4 rings (SSSR count). The zero-order chi connectivity index (χ0) is 19.9. The number of halogens is 4. The number of rotatable bonds is 3. The van der Waals surface area contributed by atoms with Crippen LogP contribution in [0.4, 0.5) is 13.2 Å². The highest BCUT2D eigenvalue weighted by Gasteiger charge is 2.30. The fourth-order valence-corrected chi connectivity index (χ4v) is 3.16. The molecule has 0 aromatic carbocycles. The minimum atomic E-state index is -4.53. The van der Waals surface area contributed by atoms with Crippen LogP contribution >= 0.6 is 23.4 Å². The molecule has 28 heavy (non-hydrogen) atoms. The van der Waals surface area contributed by atoms with Crippen molar-refractivity contribution in [1.82, 2.24) is 34.3 Å². The lowest BCUT2D eigenvalue weighted by Gasteiger charge is -2.08. The van der Waals surface area contributed by atoms with E-state index in [0.29, 0.717) is 17.1 Å². The smallest absolute Gasteiger partial charge is 0.266 e. The van der Waals surface area contributed by atoms with Gasteiger partial charge in [-0.3, -0.25) is 4.79 Å². The van der Waals surface area contributed by atoms with Crippen LogP contribution in [0.1, 0.15) is 5.56 Å². The van der Waals surface area contributed by atoms with Gasteiger partial charge in [-0.25, -0.2) is 14.5 Å². The summed E-state index contributed by atoms with van der Waals surface area (Å²) in [6, 6.07) is 3.53.